The fraction of sp³-hybridized carbons (Fsp3) is 0.261. The zero-order valence-electron chi connectivity index (χ0n) is 17.8. The Morgan fingerprint density at radius 1 is 1.00 bits per heavy atom. The molecule has 1 aliphatic heterocycles. The molecule has 3 N–H and O–H groups in total. The van der Waals surface area contributed by atoms with Gasteiger partial charge in [0.15, 0.2) is 0 Å². The number of fused-ring (bicyclic) bond motifs is 1. The maximum Gasteiger partial charge on any atom is 0.229 e. The Balaban J connectivity index is 1.30. The molecule has 0 spiro atoms. The molecule has 2 aromatic carbocycles. The van der Waals surface area contributed by atoms with Crippen molar-refractivity contribution < 1.29 is 4.74 Å². The van der Waals surface area contributed by atoms with E-state index in [-0.39, 0.29) is 12.2 Å². The van der Waals surface area contributed by atoms with Crippen molar-refractivity contribution in [3.63, 3.8) is 0 Å². The molecule has 4 aromatic rings. The van der Waals surface area contributed by atoms with Crippen molar-refractivity contribution in [3.8, 4) is 0 Å². The largest absolute Gasteiger partial charge is 0.372 e. The van der Waals surface area contributed by atoms with E-state index in [4.69, 9.17) is 4.74 Å². The van der Waals surface area contributed by atoms with Crippen molar-refractivity contribution in [2.75, 3.05) is 28.6 Å². The molecule has 1 fully saturated rings. The zero-order valence-corrected chi connectivity index (χ0v) is 19.4. The predicted octanol–water partition coefficient (Wildman–Crippen LogP) is 5.22. The Morgan fingerprint density at radius 3 is 2.53 bits per heavy atom. The van der Waals surface area contributed by atoms with Crippen LogP contribution in [0.25, 0.3) is 10.9 Å². The third-order valence-corrected chi connectivity index (χ3v) is 5.94. The summed E-state index contributed by atoms with van der Waals surface area (Å²) in [4.78, 5) is 11.4. The molecule has 0 bridgehead atoms. The van der Waals surface area contributed by atoms with Crippen molar-refractivity contribution in [3.05, 3.63) is 59.3 Å². The van der Waals surface area contributed by atoms with E-state index < -0.39 is 0 Å². The fourth-order valence-electron chi connectivity index (χ4n) is 3.95. The third kappa shape index (κ3) is 4.53. The van der Waals surface area contributed by atoms with Crippen LogP contribution >= 0.6 is 15.9 Å². The van der Waals surface area contributed by atoms with E-state index >= 15 is 0 Å². The summed E-state index contributed by atoms with van der Waals surface area (Å²) in [5.41, 5.74) is 4.02. The van der Waals surface area contributed by atoms with Gasteiger partial charge in [-0.05, 0) is 72.2 Å². The number of nitrogens with one attached hydrogen (secondary N) is 3. The highest BCUT2D eigenvalue weighted by molar-refractivity contribution is 9.10. The second-order valence-electron chi connectivity index (χ2n) is 8.02. The molecule has 0 aliphatic carbocycles. The topological polar surface area (TPSA) is 91.0 Å². The molecule has 164 valence electrons. The lowest BCUT2D eigenvalue weighted by Crippen LogP contribution is -2.45. The molecule has 9 heteroatoms. The van der Waals surface area contributed by atoms with Crippen molar-refractivity contribution in [2.24, 2.45) is 0 Å². The molecule has 32 heavy (non-hydrogen) atoms. The van der Waals surface area contributed by atoms with E-state index in [1.54, 1.807) is 12.4 Å². The molecule has 0 saturated carbocycles. The van der Waals surface area contributed by atoms with E-state index in [0.29, 0.717) is 11.8 Å². The van der Waals surface area contributed by atoms with Gasteiger partial charge in [0.25, 0.3) is 0 Å². The van der Waals surface area contributed by atoms with Crippen LogP contribution in [0.3, 0.4) is 0 Å². The maximum atomic E-state index is 5.84. The van der Waals surface area contributed by atoms with Gasteiger partial charge in [-0.1, -0.05) is 0 Å². The Morgan fingerprint density at radius 2 is 1.75 bits per heavy atom. The highest BCUT2D eigenvalue weighted by Crippen LogP contribution is 2.28. The van der Waals surface area contributed by atoms with Gasteiger partial charge in [0.1, 0.15) is 5.82 Å². The lowest BCUT2D eigenvalue weighted by atomic mass is 10.2. The van der Waals surface area contributed by atoms with Gasteiger partial charge in [-0.15, -0.1) is 0 Å². The van der Waals surface area contributed by atoms with Crippen LogP contribution in [0, 0.1) is 0 Å². The number of ether oxygens (including phenoxy) is 1. The highest BCUT2D eigenvalue weighted by Gasteiger charge is 2.22. The maximum absolute atomic E-state index is 5.84. The number of hydrogen-bond acceptors (Lipinski definition) is 7. The summed E-state index contributed by atoms with van der Waals surface area (Å²) in [5.74, 6) is 1.19. The van der Waals surface area contributed by atoms with E-state index in [1.165, 1.54) is 5.69 Å². The van der Waals surface area contributed by atoms with Gasteiger partial charge in [-0.3, -0.25) is 5.10 Å². The SMILES string of the molecule is CC1CN(c2ccc(Nc3nc(Nc4ccc5[nH]ncc5c4)ncc3Br)cc2)CC(C)O1. The summed E-state index contributed by atoms with van der Waals surface area (Å²) < 4.78 is 6.63. The van der Waals surface area contributed by atoms with Crippen LogP contribution in [0.5, 0.6) is 0 Å². The van der Waals surface area contributed by atoms with Gasteiger partial charge >= 0.3 is 0 Å². The minimum atomic E-state index is 0.230. The van der Waals surface area contributed by atoms with Crippen molar-refractivity contribution in [1.82, 2.24) is 20.2 Å². The molecule has 2 aromatic heterocycles. The van der Waals surface area contributed by atoms with Gasteiger partial charge in [-0.2, -0.15) is 10.1 Å². The smallest absolute Gasteiger partial charge is 0.229 e. The molecular formula is C23H24BrN7O. The first-order valence-corrected chi connectivity index (χ1v) is 11.3. The second-order valence-corrected chi connectivity index (χ2v) is 8.88. The average molecular weight is 494 g/mol. The number of anilines is 5. The van der Waals surface area contributed by atoms with Crippen LogP contribution < -0.4 is 15.5 Å². The van der Waals surface area contributed by atoms with Crippen LogP contribution in [0.4, 0.5) is 28.8 Å². The van der Waals surface area contributed by atoms with Crippen LogP contribution in [0.2, 0.25) is 0 Å². The number of benzene rings is 2. The monoisotopic (exact) mass is 493 g/mol. The van der Waals surface area contributed by atoms with Crippen molar-refractivity contribution in [1.29, 1.82) is 0 Å². The lowest BCUT2D eigenvalue weighted by molar-refractivity contribution is -0.00521. The minimum Gasteiger partial charge on any atom is -0.372 e. The number of rotatable bonds is 5. The number of halogens is 1. The second kappa shape index (κ2) is 8.76. The van der Waals surface area contributed by atoms with Gasteiger partial charge in [0.2, 0.25) is 5.95 Å². The number of aromatic nitrogens is 4. The van der Waals surface area contributed by atoms with Gasteiger partial charge < -0.3 is 20.3 Å². The zero-order chi connectivity index (χ0) is 22.1. The molecule has 2 unspecified atom stereocenters. The molecule has 8 nitrogen and oxygen atoms in total. The first-order chi connectivity index (χ1) is 15.5. The summed E-state index contributed by atoms with van der Waals surface area (Å²) in [5, 5.41) is 14.7. The highest BCUT2D eigenvalue weighted by atomic mass is 79.9. The number of hydrogen-bond donors (Lipinski definition) is 3. The van der Waals surface area contributed by atoms with E-state index in [9.17, 15) is 0 Å². The summed E-state index contributed by atoms with van der Waals surface area (Å²) in [6, 6.07) is 14.3. The van der Waals surface area contributed by atoms with Gasteiger partial charge in [-0.25, -0.2) is 4.98 Å². The third-order valence-electron chi connectivity index (χ3n) is 5.36. The average Bonchev–Trinajstić information content (AvgIpc) is 3.24. The lowest BCUT2D eigenvalue weighted by Gasteiger charge is -2.36. The molecule has 2 atom stereocenters. The van der Waals surface area contributed by atoms with Gasteiger partial charge in [0, 0.05) is 41.7 Å². The van der Waals surface area contributed by atoms with E-state index in [2.05, 4.69) is 89.7 Å². The fourth-order valence-corrected chi connectivity index (χ4v) is 4.24. The van der Waals surface area contributed by atoms with Crippen LogP contribution in [-0.4, -0.2) is 45.5 Å². The quantitative estimate of drug-likeness (QED) is 0.351. The number of aromatic amines is 1. The summed E-state index contributed by atoms with van der Waals surface area (Å²) in [6.45, 7) is 6.02. The molecule has 1 saturated heterocycles. The molecule has 1 aliphatic rings. The van der Waals surface area contributed by atoms with Crippen molar-refractivity contribution >= 4 is 55.7 Å². The Kier molecular flexibility index (Phi) is 5.67. The number of H-pyrrole nitrogens is 1. The standard InChI is InChI=1S/C23H24BrN7O/c1-14-12-31(13-15(2)32-14)19-6-3-17(4-7-19)27-22-20(24)11-25-23(29-22)28-18-5-8-21-16(9-18)10-26-30-21/h3-11,14-15H,12-13H2,1-2H3,(H,26,30)(H2,25,27,28,29). The number of nitrogens with zero attached hydrogens (tertiary/aromatic N) is 4. The first-order valence-electron chi connectivity index (χ1n) is 10.5. The number of morpholine rings is 1. The molecular weight excluding hydrogens is 470 g/mol. The first kappa shape index (κ1) is 20.7. The molecule has 5 rings (SSSR count). The summed E-state index contributed by atoms with van der Waals surface area (Å²) in [7, 11) is 0. The Labute approximate surface area is 194 Å². The minimum absolute atomic E-state index is 0.230. The summed E-state index contributed by atoms with van der Waals surface area (Å²) >= 11 is 3.54. The molecule has 0 radical (unpaired) electrons. The Hall–Kier alpha value is -3.17. The van der Waals surface area contributed by atoms with Crippen molar-refractivity contribution in [2.45, 2.75) is 26.1 Å². The molecule has 0 amide bonds. The predicted molar refractivity (Wildman–Crippen MR) is 131 cm³/mol. The van der Waals surface area contributed by atoms with Crippen LogP contribution in [-0.2, 0) is 4.74 Å². The summed E-state index contributed by atoms with van der Waals surface area (Å²) in [6.07, 6.45) is 3.99. The van der Waals surface area contributed by atoms with Crippen LogP contribution in [0.15, 0.2) is 59.3 Å². The van der Waals surface area contributed by atoms with E-state index in [0.717, 1.165) is 39.8 Å². The molecule has 3 heterocycles. The van der Waals surface area contributed by atoms with E-state index in [1.807, 2.05) is 18.2 Å². The Bertz CT molecular complexity index is 1220. The van der Waals surface area contributed by atoms with Gasteiger partial charge in [0.05, 0.1) is 28.4 Å². The van der Waals surface area contributed by atoms with Crippen LogP contribution in [0.1, 0.15) is 13.8 Å². The normalized spacial score (nSPS) is 18.7.